The molecule has 0 amide bonds. The molecule has 94 valence electrons. The summed E-state index contributed by atoms with van der Waals surface area (Å²) in [4.78, 5) is 0. The van der Waals surface area contributed by atoms with Crippen molar-refractivity contribution in [2.24, 2.45) is 0 Å². The molecule has 0 spiro atoms. The van der Waals surface area contributed by atoms with Crippen molar-refractivity contribution in [1.29, 1.82) is 0 Å². The molecule has 1 aromatic rings. The van der Waals surface area contributed by atoms with E-state index in [1.807, 2.05) is 31.3 Å². The molecule has 1 aromatic carbocycles. The van der Waals surface area contributed by atoms with Gasteiger partial charge in [0.15, 0.2) is 0 Å². The molecule has 17 heavy (non-hydrogen) atoms. The van der Waals surface area contributed by atoms with Crippen LogP contribution < -0.4 is 5.32 Å². The quantitative estimate of drug-likeness (QED) is 0.875. The van der Waals surface area contributed by atoms with E-state index in [2.05, 4.69) is 5.32 Å². The minimum absolute atomic E-state index is 0.160. The number of likely N-dealkylation sites (N-methyl/N-ethyl adjacent to an activating group) is 1. The van der Waals surface area contributed by atoms with Crippen LogP contribution in [-0.4, -0.2) is 32.4 Å². The molecule has 0 bridgehead atoms. The molecule has 0 saturated heterocycles. The normalized spacial score (nSPS) is 27.8. The van der Waals surface area contributed by atoms with Crippen molar-refractivity contribution in [1.82, 2.24) is 5.32 Å². The Balaban J connectivity index is 1.81. The van der Waals surface area contributed by atoms with Gasteiger partial charge in [-0.2, -0.15) is 0 Å². The van der Waals surface area contributed by atoms with Crippen LogP contribution in [0.5, 0.6) is 0 Å². The predicted octanol–water partition coefficient (Wildman–Crippen LogP) is 2.23. The zero-order chi connectivity index (χ0) is 12.3. The van der Waals surface area contributed by atoms with Crippen LogP contribution in [-0.2, 0) is 16.1 Å². The second kappa shape index (κ2) is 5.83. The van der Waals surface area contributed by atoms with Crippen molar-refractivity contribution in [2.75, 3.05) is 14.2 Å². The van der Waals surface area contributed by atoms with Crippen molar-refractivity contribution in [3.63, 3.8) is 0 Å². The van der Waals surface area contributed by atoms with E-state index >= 15 is 0 Å². The summed E-state index contributed by atoms with van der Waals surface area (Å²) < 4.78 is 11.2. The average Bonchev–Trinajstić information content (AvgIpc) is 2.31. The molecule has 0 aromatic heterocycles. The summed E-state index contributed by atoms with van der Waals surface area (Å²) in [5, 5.41) is 3.97. The van der Waals surface area contributed by atoms with E-state index in [0.29, 0.717) is 12.6 Å². The van der Waals surface area contributed by atoms with Gasteiger partial charge in [-0.25, -0.2) is 0 Å². The van der Waals surface area contributed by atoms with Gasteiger partial charge in [0.1, 0.15) is 0 Å². The van der Waals surface area contributed by atoms with E-state index in [1.165, 1.54) is 0 Å². The zero-order valence-electron chi connectivity index (χ0n) is 10.2. The first-order valence-corrected chi connectivity index (χ1v) is 6.18. The molecular formula is C13H18ClNO2. The summed E-state index contributed by atoms with van der Waals surface area (Å²) in [7, 11) is 3.68. The maximum atomic E-state index is 5.83. The summed E-state index contributed by atoms with van der Waals surface area (Å²) in [5.74, 6) is 0. The largest absolute Gasteiger partial charge is 0.377 e. The number of ether oxygens (including phenoxy) is 2. The molecule has 3 unspecified atom stereocenters. The number of methoxy groups -OCH3 is 1. The summed E-state index contributed by atoms with van der Waals surface area (Å²) in [6, 6.07) is 8.14. The van der Waals surface area contributed by atoms with Crippen molar-refractivity contribution >= 4 is 11.6 Å². The summed E-state index contributed by atoms with van der Waals surface area (Å²) >= 11 is 5.83. The number of hydrogen-bond donors (Lipinski definition) is 1. The fourth-order valence-corrected chi connectivity index (χ4v) is 2.25. The molecular weight excluding hydrogens is 238 g/mol. The molecule has 0 heterocycles. The molecule has 1 saturated carbocycles. The van der Waals surface area contributed by atoms with E-state index in [1.54, 1.807) is 7.11 Å². The fourth-order valence-electron chi connectivity index (χ4n) is 2.13. The number of rotatable bonds is 5. The van der Waals surface area contributed by atoms with Gasteiger partial charge in [0.25, 0.3) is 0 Å². The standard InChI is InChI=1S/C13H18ClNO2/c1-15-11-7-12(13(11)16-2)17-8-9-3-5-10(14)6-4-9/h3-6,11-13,15H,7-8H2,1-2H3. The van der Waals surface area contributed by atoms with Crippen LogP contribution in [0, 0.1) is 0 Å². The maximum Gasteiger partial charge on any atom is 0.0986 e. The molecule has 1 N–H and O–H groups in total. The van der Waals surface area contributed by atoms with Crippen LogP contribution >= 0.6 is 11.6 Å². The van der Waals surface area contributed by atoms with Crippen LogP contribution in [0.25, 0.3) is 0 Å². The molecule has 1 aliphatic carbocycles. The highest BCUT2D eigenvalue weighted by Gasteiger charge is 2.41. The first-order chi connectivity index (χ1) is 8.24. The lowest BCUT2D eigenvalue weighted by molar-refractivity contribution is -0.138. The van der Waals surface area contributed by atoms with E-state index in [-0.39, 0.29) is 12.2 Å². The third-order valence-corrected chi connectivity index (χ3v) is 3.52. The third-order valence-electron chi connectivity index (χ3n) is 3.27. The molecule has 0 aliphatic heterocycles. The Kier molecular flexibility index (Phi) is 4.40. The fraction of sp³-hybridized carbons (Fsp3) is 0.538. The smallest absolute Gasteiger partial charge is 0.0986 e. The molecule has 4 heteroatoms. The van der Waals surface area contributed by atoms with Gasteiger partial charge in [0.2, 0.25) is 0 Å². The lowest BCUT2D eigenvalue weighted by atomic mass is 9.85. The summed E-state index contributed by atoms with van der Waals surface area (Å²) in [6.45, 7) is 0.609. The average molecular weight is 256 g/mol. The first-order valence-electron chi connectivity index (χ1n) is 5.80. The van der Waals surface area contributed by atoms with Crippen molar-refractivity contribution < 1.29 is 9.47 Å². The number of nitrogens with one attached hydrogen (secondary N) is 1. The van der Waals surface area contributed by atoms with Crippen LogP contribution in [0.15, 0.2) is 24.3 Å². The van der Waals surface area contributed by atoms with Gasteiger partial charge in [-0.15, -0.1) is 0 Å². The Morgan fingerprint density at radius 2 is 2.06 bits per heavy atom. The van der Waals surface area contributed by atoms with E-state index in [4.69, 9.17) is 21.1 Å². The van der Waals surface area contributed by atoms with Crippen molar-refractivity contribution in [3.8, 4) is 0 Å². The number of halogens is 1. The Hall–Kier alpha value is -0.610. The lowest BCUT2D eigenvalue weighted by Gasteiger charge is -2.43. The number of benzene rings is 1. The molecule has 1 aliphatic rings. The van der Waals surface area contributed by atoms with Crippen LogP contribution in [0.2, 0.25) is 5.02 Å². The highest BCUT2D eigenvalue weighted by Crippen LogP contribution is 2.27. The Labute approximate surface area is 107 Å². The van der Waals surface area contributed by atoms with Crippen LogP contribution in [0.1, 0.15) is 12.0 Å². The van der Waals surface area contributed by atoms with Gasteiger partial charge in [-0.1, -0.05) is 23.7 Å². The van der Waals surface area contributed by atoms with Gasteiger partial charge in [0.05, 0.1) is 18.8 Å². The number of hydrogen-bond acceptors (Lipinski definition) is 3. The molecule has 3 nitrogen and oxygen atoms in total. The lowest BCUT2D eigenvalue weighted by Crippen LogP contribution is -2.58. The SMILES string of the molecule is CNC1CC(OCc2ccc(Cl)cc2)C1OC. The minimum atomic E-state index is 0.160. The van der Waals surface area contributed by atoms with Gasteiger partial charge in [-0.05, 0) is 31.2 Å². The van der Waals surface area contributed by atoms with Gasteiger partial charge >= 0.3 is 0 Å². The van der Waals surface area contributed by atoms with Gasteiger partial charge in [-0.3, -0.25) is 0 Å². The third kappa shape index (κ3) is 2.99. The zero-order valence-corrected chi connectivity index (χ0v) is 10.9. The summed E-state index contributed by atoms with van der Waals surface area (Å²) in [5.41, 5.74) is 1.14. The Morgan fingerprint density at radius 3 is 2.65 bits per heavy atom. The second-order valence-electron chi connectivity index (χ2n) is 4.31. The van der Waals surface area contributed by atoms with E-state index < -0.39 is 0 Å². The second-order valence-corrected chi connectivity index (χ2v) is 4.74. The summed E-state index contributed by atoms with van der Waals surface area (Å²) in [6.07, 6.45) is 1.35. The topological polar surface area (TPSA) is 30.5 Å². The van der Waals surface area contributed by atoms with E-state index in [0.717, 1.165) is 17.0 Å². The Bertz CT molecular complexity index is 355. The molecule has 0 radical (unpaired) electrons. The molecule has 1 fully saturated rings. The van der Waals surface area contributed by atoms with Crippen LogP contribution in [0.4, 0.5) is 0 Å². The monoisotopic (exact) mass is 255 g/mol. The maximum absolute atomic E-state index is 5.83. The van der Waals surface area contributed by atoms with Gasteiger partial charge in [0, 0.05) is 18.2 Å². The van der Waals surface area contributed by atoms with E-state index in [9.17, 15) is 0 Å². The first kappa shape index (κ1) is 12.8. The molecule has 3 atom stereocenters. The van der Waals surface area contributed by atoms with Gasteiger partial charge < -0.3 is 14.8 Å². The van der Waals surface area contributed by atoms with Crippen molar-refractivity contribution in [3.05, 3.63) is 34.9 Å². The predicted molar refractivity (Wildman–Crippen MR) is 68.3 cm³/mol. The highest BCUT2D eigenvalue weighted by atomic mass is 35.5. The molecule has 2 rings (SSSR count). The highest BCUT2D eigenvalue weighted by molar-refractivity contribution is 6.30. The van der Waals surface area contributed by atoms with Crippen LogP contribution in [0.3, 0.4) is 0 Å². The minimum Gasteiger partial charge on any atom is -0.377 e. The van der Waals surface area contributed by atoms with Crippen molar-refractivity contribution in [2.45, 2.75) is 31.3 Å². The Morgan fingerprint density at radius 1 is 1.35 bits per heavy atom.